The first kappa shape index (κ1) is 46.2. The molecule has 1 saturated heterocycles. The Labute approximate surface area is 352 Å². The molecule has 4 aliphatic heterocycles. The van der Waals surface area contributed by atoms with Crippen molar-refractivity contribution >= 4 is 29.2 Å². The minimum absolute atomic E-state index is 0.0224. The number of phenols is 1. The predicted molar refractivity (Wildman–Crippen MR) is 222 cm³/mol. The van der Waals surface area contributed by atoms with Gasteiger partial charge >= 0.3 is 5.97 Å². The minimum atomic E-state index is -1.78. The second-order valence-electron chi connectivity index (χ2n) is 16.9. The van der Waals surface area contributed by atoms with E-state index in [1.165, 1.54) is 40.2 Å². The molecule has 15 nitrogen and oxygen atoms in total. The van der Waals surface area contributed by atoms with Crippen molar-refractivity contribution in [3.05, 3.63) is 70.2 Å². The number of nitrogens with zero attached hydrogens (tertiary/aromatic N) is 2. The number of aromatic hydroxyl groups is 1. The third-order valence-electron chi connectivity index (χ3n) is 12.4. The molecule has 1 aromatic carbocycles. The Balaban J connectivity index is 1.61. The van der Waals surface area contributed by atoms with Gasteiger partial charge in [0.2, 0.25) is 5.78 Å². The van der Waals surface area contributed by atoms with Crippen LogP contribution >= 0.6 is 0 Å². The summed E-state index contributed by atoms with van der Waals surface area (Å²) in [5, 5.41) is 41.4. The number of aliphatic hydroxyl groups is 2. The van der Waals surface area contributed by atoms with E-state index in [0.29, 0.717) is 12.5 Å². The zero-order valence-electron chi connectivity index (χ0n) is 36.3. The monoisotopic (exact) mass is 835 g/mol. The Morgan fingerprint density at radius 3 is 2.32 bits per heavy atom. The Morgan fingerprint density at radius 1 is 0.983 bits per heavy atom. The van der Waals surface area contributed by atoms with Crippen LogP contribution in [0.3, 0.4) is 0 Å². The number of Topliss-reactive ketones (excluding diaryl/α,β-unsaturated/α-hetero) is 1. The molecule has 0 saturated carbocycles. The van der Waals surface area contributed by atoms with Gasteiger partial charge in [0.15, 0.2) is 11.5 Å². The molecule has 15 heteroatoms. The summed E-state index contributed by atoms with van der Waals surface area (Å²) < 4.78 is 24.3. The third kappa shape index (κ3) is 9.70. The maximum atomic E-state index is 14.1. The number of aliphatic hydroxyl groups excluding tert-OH is 2. The number of oxime groups is 1. The molecule has 328 valence electrons. The number of likely N-dealkylation sites (tertiary alicyclic amines) is 1. The van der Waals surface area contributed by atoms with Crippen molar-refractivity contribution in [1.82, 2.24) is 10.2 Å². The van der Waals surface area contributed by atoms with E-state index in [-0.39, 0.29) is 51.6 Å². The Kier molecular flexibility index (Phi) is 14.8. The number of allylic oxidation sites excluding steroid dienone is 4. The number of nitrogens with one attached hydrogen (secondary N) is 1. The number of fused-ring (bicyclic) bond motifs is 14. The number of hydrogen-bond donors (Lipinski definition) is 4. The van der Waals surface area contributed by atoms with Crippen LogP contribution in [0.25, 0.3) is 0 Å². The fraction of sp³-hybridized carbons (Fsp3) is 0.578. The van der Waals surface area contributed by atoms with Gasteiger partial charge in [0.25, 0.3) is 11.7 Å². The van der Waals surface area contributed by atoms with E-state index in [4.69, 9.17) is 23.8 Å². The van der Waals surface area contributed by atoms with Crippen LogP contribution in [0.2, 0.25) is 0 Å². The Bertz CT molecular complexity index is 1980. The van der Waals surface area contributed by atoms with Gasteiger partial charge in [0.05, 0.1) is 47.0 Å². The number of piperidine rings is 1. The highest BCUT2D eigenvalue weighted by molar-refractivity contribution is 6.31. The summed E-state index contributed by atoms with van der Waals surface area (Å²) in [4.78, 5) is 62.1. The number of phenolic OH excluding ortho intramolecular Hbond substituents is 1. The summed E-state index contributed by atoms with van der Waals surface area (Å²) in [6.45, 7) is 17.7. The van der Waals surface area contributed by atoms with Crippen molar-refractivity contribution in [2.75, 3.05) is 33.4 Å². The van der Waals surface area contributed by atoms with E-state index in [2.05, 4.69) is 22.3 Å². The van der Waals surface area contributed by atoms with Gasteiger partial charge in [0.1, 0.15) is 24.2 Å². The second-order valence-corrected chi connectivity index (χ2v) is 16.9. The molecule has 4 heterocycles. The van der Waals surface area contributed by atoms with Gasteiger partial charge in [-0.3, -0.25) is 24.1 Å². The van der Waals surface area contributed by atoms with Gasteiger partial charge in [0, 0.05) is 68.4 Å². The molecule has 1 fully saturated rings. The molecule has 0 unspecified atom stereocenters. The zero-order valence-corrected chi connectivity index (χ0v) is 36.3. The normalized spacial score (nSPS) is 33.5. The van der Waals surface area contributed by atoms with E-state index in [1.807, 2.05) is 0 Å². The molecule has 0 aromatic heterocycles. The SMILES string of the molecule is CO[C@H]1/C=C/O[C@@]2(C)Oc3c(C)c(O)c4c(c3/C2=N\OCCN2CCC(C)CC2)C(=O)C=C(NC(=O)/C(C)=C\C=C\[C@H](C)[C@H](O)[C@@H](C)[C@@H](O)[C@@H](C)[C@H](OC(C)=O)[C@@H]1C)C4=O. The number of carbonyl (C=O) groups is 4. The molecule has 5 aliphatic rings. The first-order valence-electron chi connectivity index (χ1n) is 20.7. The van der Waals surface area contributed by atoms with Gasteiger partial charge in [-0.15, -0.1) is 0 Å². The largest absolute Gasteiger partial charge is 0.507 e. The lowest BCUT2D eigenvalue weighted by molar-refractivity contribution is -0.160. The van der Waals surface area contributed by atoms with Crippen LogP contribution in [-0.2, 0) is 28.6 Å². The lowest BCUT2D eigenvalue weighted by Crippen LogP contribution is -2.46. The highest BCUT2D eigenvalue weighted by atomic mass is 16.7. The van der Waals surface area contributed by atoms with Crippen LogP contribution in [0.1, 0.15) is 100 Å². The first-order chi connectivity index (χ1) is 28.3. The van der Waals surface area contributed by atoms with Crippen molar-refractivity contribution < 1.29 is 58.3 Å². The predicted octanol–water partition coefficient (Wildman–Crippen LogP) is 4.90. The van der Waals surface area contributed by atoms with Crippen LogP contribution in [0, 0.1) is 36.5 Å². The topological polar surface area (TPSA) is 203 Å². The number of carbonyl (C=O) groups excluding carboxylic acids is 4. The van der Waals surface area contributed by atoms with Crippen molar-refractivity contribution in [3.63, 3.8) is 0 Å². The summed E-state index contributed by atoms with van der Waals surface area (Å²) in [6, 6.07) is 0. The first-order valence-corrected chi connectivity index (χ1v) is 20.7. The lowest BCUT2D eigenvalue weighted by atomic mass is 9.78. The van der Waals surface area contributed by atoms with E-state index < -0.39 is 83.1 Å². The standard InChI is InChI=1S/C45H61N3O12/c1-23-14-17-48(18-15-23)19-21-58-47-43-36-34-32(50)22-31-40(54)35(34)39(53)29(7)42(36)60-45(43,9)57-20-16-33(56-10)26(4)41(59-30(8)49)28(6)38(52)27(5)37(51)24(2)12-11-13-25(3)44(55)46-31/h11-13,16,20,22-24,26-28,33,37-38,41,51-53H,14-15,17-19,21H2,1-10H3,(H,46,55)/b12-11+,20-16+,25-13-,47-43+/t24-,26+,27+,28+,33-,37-,38+,41+,45-/m0/s1. The molecule has 60 heavy (non-hydrogen) atoms. The summed E-state index contributed by atoms with van der Waals surface area (Å²) in [6.07, 6.45) is 7.01. The van der Waals surface area contributed by atoms with Gasteiger partial charge in [-0.1, -0.05) is 58.0 Å². The average Bonchev–Trinajstić information content (AvgIpc) is 3.50. The molecule has 0 radical (unpaired) electrons. The van der Waals surface area contributed by atoms with Crippen LogP contribution in [0.4, 0.5) is 0 Å². The van der Waals surface area contributed by atoms with Crippen LogP contribution in [0.5, 0.6) is 11.5 Å². The van der Waals surface area contributed by atoms with E-state index in [0.717, 1.165) is 32.0 Å². The Morgan fingerprint density at radius 2 is 1.67 bits per heavy atom. The molecule has 6 rings (SSSR count). The van der Waals surface area contributed by atoms with Gasteiger partial charge < -0.3 is 44.4 Å². The van der Waals surface area contributed by atoms with Gasteiger partial charge in [-0.25, -0.2) is 0 Å². The maximum absolute atomic E-state index is 14.1. The summed E-state index contributed by atoms with van der Waals surface area (Å²) in [5.41, 5.74) is -0.435. The van der Waals surface area contributed by atoms with Crippen molar-refractivity contribution in [2.45, 2.75) is 105 Å². The number of ketones is 2. The van der Waals surface area contributed by atoms with Crippen LogP contribution < -0.4 is 10.1 Å². The number of ether oxygens (including phenoxy) is 4. The number of amides is 1. The fourth-order valence-corrected chi connectivity index (χ4v) is 8.33. The van der Waals surface area contributed by atoms with Gasteiger partial charge in [-0.05, 0) is 51.8 Å². The summed E-state index contributed by atoms with van der Waals surface area (Å²) in [5.74, 6) is -6.72. The minimum Gasteiger partial charge on any atom is -0.507 e. The van der Waals surface area contributed by atoms with Crippen LogP contribution in [-0.4, -0.2) is 113 Å². The quantitative estimate of drug-likeness (QED) is 0.171. The molecule has 1 aliphatic carbocycles. The number of esters is 1. The average molecular weight is 836 g/mol. The van der Waals surface area contributed by atoms with Crippen molar-refractivity contribution in [1.29, 1.82) is 0 Å². The maximum Gasteiger partial charge on any atom is 0.302 e. The molecular formula is C45H61N3O12. The molecule has 4 N–H and O–H groups in total. The van der Waals surface area contributed by atoms with Crippen LogP contribution in [0.15, 0.2) is 53.1 Å². The molecule has 5 bridgehead atoms. The second kappa shape index (κ2) is 19.3. The van der Waals surface area contributed by atoms with Crippen molar-refractivity contribution in [2.24, 2.45) is 34.7 Å². The summed E-state index contributed by atoms with van der Waals surface area (Å²) in [7, 11) is 1.47. The fourth-order valence-electron chi connectivity index (χ4n) is 8.33. The van der Waals surface area contributed by atoms with E-state index >= 15 is 0 Å². The number of rotatable bonds is 6. The lowest BCUT2D eigenvalue weighted by Gasteiger charge is -2.38. The number of hydrogen-bond acceptors (Lipinski definition) is 14. The highest BCUT2D eigenvalue weighted by Crippen LogP contribution is 2.48. The summed E-state index contributed by atoms with van der Waals surface area (Å²) >= 11 is 0. The molecule has 0 spiro atoms. The third-order valence-corrected chi connectivity index (χ3v) is 12.4. The van der Waals surface area contributed by atoms with Gasteiger partial charge in [-0.2, -0.15) is 0 Å². The Hall–Kier alpha value is -4.83. The van der Waals surface area contributed by atoms with E-state index in [9.17, 15) is 34.5 Å². The molecule has 9 atom stereocenters. The van der Waals surface area contributed by atoms with E-state index in [1.54, 1.807) is 52.8 Å². The van der Waals surface area contributed by atoms with Crippen molar-refractivity contribution in [3.8, 4) is 11.5 Å². The number of methoxy groups -OCH3 is 1. The molecule has 1 amide bonds. The smallest absolute Gasteiger partial charge is 0.302 e. The number of benzene rings is 1. The highest BCUT2D eigenvalue weighted by Gasteiger charge is 2.51. The molecule has 1 aromatic rings. The zero-order chi connectivity index (χ0) is 44.2. The molecular weight excluding hydrogens is 775 g/mol.